The molecule has 5 heteroatoms. The summed E-state index contributed by atoms with van der Waals surface area (Å²) in [6.45, 7) is 1.55. The summed E-state index contributed by atoms with van der Waals surface area (Å²) in [7, 11) is 0. The molecule has 0 bridgehead atoms. The number of hydrogen-bond acceptors (Lipinski definition) is 3. The maximum atomic E-state index is 12.1. The van der Waals surface area contributed by atoms with Crippen LogP contribution in [0.1, 0.15) is 25.7 Å². The van der Waals surface area contributed by atoms with Crippen LogP contribution in [0.4, 0.5) is 11.4 Å². The van der Waals surface area contributed by atoms with Gasteiger partial charge in [0.05, 0.1) is 17.3 Å². The smallest absolute Gasteiger partial charge is 0.238 e. The van der Waals surface area contributed by atoms with Crippen molar-refractivity contribution in [3.05, 3.63) is 23.2 Å². The Morgan fingerprint density at radius 2 is 2.10 bits per heavy atom. The Morgan fingerprint density at radius 1 is 1.35 bits per heavy atom. The van der Waals surface area contributed by atoms with Gasteiger partial charge in [-0.3, -0.25) is 9.69 Å². The summed E-state index contributed by atoms with van der Waals surface area (Å²) in [5, 5.41) is 3.41. The molecule has 0 saturated heterocycles. The number of carbonyl (C=O) groups is 1. The Bertz CT molecular complexity index is 512. The summed E-state index contributed by atoms with van der Waals surface area (Å²) >= 11 is 5.87. The van der Waals surface area contributed by atoms with Crippen LogP contribution in [0.3, 0.4) is 0 Å². The second-order valence-corrected chi connectivity index (χ2v) is 6.30. The highest BCUT2D eigenvalue weighted by atomic mass is 35.5. The summed E-state index contributed by atoms with van der Waals surface area (Å²) in [5.41, 5.74) is 6.93. The molecule has 1 amide bonds. The van der Waals surface area contributed by atoms with Crippen LogP contribution in [0.5, 0.6) is 0 Å². The van der Waals surface area contributed by atoms with E-state index in [1.807, 2.05) is 0 Å². The van der Waals surface area contributed by atoms with Crippen molar-refractivity contribution in [2.24, 2.45) is 5.92 Å². The van der Waals surface area contributed by atoms with E-state index in [1.165, 1.54) is 25.7 Å². The molecule has 0 unspecified atom stereocenters. The van der Waals surface area contributed by atoms with Gasteiger partial charge in [0.1, 0.15) is 0 Å². The molecule has 2 saturated carbocycles. The Hall–Kier alpha value is -1.26. The van der Waals surface area contributed by atoms with Crippen LogP contribution < -0.4 is 11.1 Å². The van der Waals surface area contributed by atoms with Crippen LogP contribution in [0.25, 0.3) is 0 Å². The molecular weight excluding hydrogens is 274 g/mol. The van der Waals surface area contributed by atoms with Crippen LogP contribution in [-0.2, 0) is 4.79 Å². The van der Waals surface area contributed by atoms with Crippen LogP contribution in [0, 0.1) is 5.92 Å². The fourth-order valence-electron chi connectivity index (χ4n) is 2.42. The van der Waals surface area contributed by atoms with E-state index in [4.69, 9.17) is 17.3 Å². The van der Waals surface area contributed by atoms with Crippen molar-refractivity contribution >= 4 is 28.9 Å². The zero-order chi connectivity index (χ0) is 14.1. The van der Waals surface area contributed by atoms with Crippen molar-refractivity contribution in [1.82, 2.24) is 4.90 Å². The molecule has 0 aromatic heterocycles. The molecule has 1 aromatic rings. The first-order chi connectivity index (χ1) is 9.61. The number of hydrogen-bond donors (Lipinski definition) is 2. The lowest BCUT2D eigenvalue weighted by Gasteiger charge is -2.21. The van der Waals surface area contributed by atoms with Crippen molar-refractivity contribution in [1.29, 1.82) is 0 Å². The predicted molar refractivity (Wildman–Crippen MR) is 81.8 cm³/mol. The van der Waals surface area contributed by atoms with Crippen molar-refractivity contribution in [2.45, 2.75) is 31.7 Å². The van der Waals surface area contributed by atoms with E-state index < -0.39 is 0 Å². The molecule has 2 aliphatic carbocycles. The van der Waals surface area contributed by atoms with Crippen molar-refractivity contribution in [3.8, 4) is 0 Å². The van der Waals surface area contributed by atoms with Crippen LogP contribution in [0.15, 0.2) is 18.2 Å². The topological polar surface area (TPSA) is 58.4 Å². The number of amides is 1. The monoisotopic (exact) mass is 293 g/mol. The maximum Gasteiger partial charge on any atom is 0.238 e. The summed E-state index contributed by atoms with van der Waals surface area (Å²) in [6, 6.07) is 5.80. The number of nitrogen functional groups attached to an aromatic ring is 1. The standard InChI is InChI=1S/C15H20ClN3O/c16-13-6-3-11(7-14(13)17)18-15(20)9-19(12-4-5-12)8-10-1-2-10/h3,6-7,10,12H,1-2,4-5,8-9,17H2,(H,18,20). The second-order valence-electron chi connectivity index (χ2n) is 5.89. The zero-order valence-electron chi connectivity index (χ0n) is 11.4. The van der Waals surface area contributed by atoms with Gasteiger partial charge < -0.3 is 11.1 Å². The zero-order valence-corrected chi connectivity index (χ0v) is 12.2. The number of nitrogens with two attached hydrogens (primary N) is 1. The minimum atomic E-state index is 0.0271. The Labute approximate surface area is 124 Å². The molecule has 0 spiro atoms. The average molecular weight is 294 g/mol. The first-order valence-corrected chi connectivity index (χ1v) is 7.58. The number of anilines is 2. The van der Waals surface area contributed by atoms with Gasteiger partial charge in [0.25, 0.3) is 0 Å². The van der Waals surface area contributed by atoms with E-state index in [0.29, 0.717) is 29.0 Å². The van der Waals surface area contributed by atoms with Crippen molar-refractivity contribution < 1.29 is 4.79 Å². The lowest BCUT2D eigenvalue weighted by Crippen LogP contribution is -2.36. The van der Waals surface area contributed by atoms with Gasteiger partial charge in [-0.1, -0.05) is 11.6 Å². The van der Waals surface area contributed by atoms with Gasteiger partial charge in [0.15, 0.2) is 0 Å². The lowest BCUT2D eigenvalue weighted by molar-refractivity contribution is -0.117. The largest absolute Gasteiger partial charge is 0.397 e. The van der Waals surface area contributed by atoms with Gasteiger partial charge in [0.2, 0.25) is 5.91 Å². The van der Waals surface area contributed by atoms with E-state index in [-0.39, 0.29) is 5.91 Å². The number of nitrogens with zero attached hydrogens (tertiary/aromatic N) is 1. The highest BCUT2D eigenvalue weighted by Crippen LogP contribution is 2.34. The van der Waals surface area contributed by atoms with Crippen LogP contribution in [0.2, 0.25) is 5.02 Å². The molecule has 0 aliphatic heterocycles. The average Bonchev–Trinajstić information content (AvgIpc) is 3.26. The first kappa shape index (κ1) is 13.7. The number of carbonyl (C=O) groups excluding carboxylic acids is 1. The first-order valence-electron chi connectivity index (χ1n) is 7.21. The third kappa shape index (κ3) is 3.64. The molecule has 3 N–H and O–H groups in total. The number of nitrogens with one attached hydrogen (secondary N) is 1. The van der Waals surface area contributed by atoms with Crippen LogP contribution in [-0.4, -0.2) is 29.9 Å². The minimum Gasteiger partial charge on any atom is -0.397 e. The molecule has 1 aromatic carbocycles. The van der Waals surface area contributed by atoms with Gasteiger partial charge >= 0.3 is 0 Å². The van der Waals surface area contributed by atoms with E-state index in [9.17, 15) is 4.79 Å². The lowest BCUT2D eigenvalue weighted by atomic mass is 10.2. The highest BCUT2D eigenvalue weighted by Gasteiger charge is 2.34. The third-order valence-corrected chi connectivity index (χ3v) is 4.22. The molecule has 0 radical (unpaired) electrons. The number of halogens is 1. The predicted octanol–water partition coefficient (Wildman–Crippen LogP) is 2.74. The molecular formula is C15H20ClN3O. The molecule has 4 nitrogen and oxygen atoms in total. The molecule has 20 heavy (non-hydrogen) atoms. The molecule has 2 fully saturated rings. The molecule has 0 atom stereocenters. The van der Waals surface area contributed by atoms with Crippen LogP contribution >= 0.6 is 11.6 Å². The fourth-order valence-corrected chi connectivity index (χ4v) is 2.54. The van der Waals surface area contributed by atoms with Gasteiger partial charge in [-0.25, -0.2) is 0 Å². The minimum absolute atomic E-state index is 0.0271. The third-order valence-electron chi connectivity index (χ3n) is 3.88. The Morgan fingerprint density at radius 3 is 2.70 bits per heavy atom. The molecule has 2 aliphatic rings. The van der Waals surface area contributed by atoms with Gasteiger partial charge in [-0.2, -0.15) is 0 Å². The van der Waals surface area contributed by atoms with E-state index in [2.05, 4.69) is 10.2 Å². The summed E-state index contributed by atoms with van der Waals surface area (Å²) in [5.74, 6) is 0.842. The SMILES string of the molecule is Nc1cc(NC(=O)CN(CC2CC2)C2CC2)ccc1Cl. The molecule has 3 rings (SSSR count). The van der Waals surface area contributed by atoms with Crippen molar-refractivity contribution in [3.63, 3.8) is 0 Å². The Kier molecular flexibility index (Phi) is 3.85. The molecule has 0 heterocycles. The van der Waals surface area contributed by atoms with Crippen molar-refractivity contribution in [2.75, 3.05) is 24.1 Å². The van der Waals surface area contributed by atoms with Gasteiger partial charge in [0, 0.05) is 18.3 Å². The normalized spacial score (nSPS) is 18.3. The Balaban J connectivity index is 1.55. The quantitative estimate of drug-likeness (QED) is 0.793. The second kappa shape index (κ2) is 5.62. The maximum absolute atomic E-state index is 12.1. The summed E-state index contributed by atoms with van der Waals surface area (Å²) in [6.07, 6.45) is 5.10. The molecule has 108 valence electrons. The van der Waals surface area contributed by atoms with Gasteiger partial charge in [-0.05, 0) is 49.8 Å². The number of rotatable bonds is 6. The van der Waals surface area contributed by atoms with Gasteiger partial charge in [-0.15, -0.1) is 0 Å². The fraction of sp³-hybridized carbons (Fsp3) is 0.533. The number of benzene rings is 1. The summed E-state index contributed by atoms with van der Waals surface area (Å²) < 4.78 is 0. The highest BCUT2D eigenvalue weighted by molar-refractivity contribution is 6.33. The van der Waals surface area contributed by atoms with E-state index >= 15 is 0 Å². The summed E-state index contributed by atoms with van der Waals surface area (Å²) in [4.78, 5) is 14.5. The van der Waals surface area contributed by atoms with E-state index in [1.54, 1.807) is 18.2 Å². The van der Waals surface area contributed by atoms with E-state index in [0.717, 1.165) is 12.5 Å².